The second-order valence-corrected chi connectivity index (χ2v) is 9.93. The molecule has 146 valence electrons. The second kappa shape index (κ2) is 6.51. The molecule has 1 aromatic carbocycles. The van der Waals surface area contributed by atoms with Crippen LogP contribution in [0.25, 0.3) is 0 Å². The number of benzene rings is 1. The summed E-state index contributed by atoms with van der Waals surface area (Å²) in [5.41, 5.74) is 2.33. The number of likely N-dealkylation sites (N-methyl/N-ethyl adjacent to an activating group) is 1. The molecule has 1 heterocycles. The minimum atomic E-state index is -0.0479. The van der Waals surface area contributed by atoms with Gasteiger partial charge in [-0.2, -0.15) is 0 Å². The minimum absolute atomic E-state index is 0.0479. The summed E-state index contributed by atoms with van der Waals surface area (Å²) in [6.07, 6.45) is 7.63. The Morgan fingerprint density at radius 1 is 1.00 bits per heavy atom. The molecule has 4 aliphatic carbocycles. The SMILES string of the molecule is CN(C)CCN1CCN(C(=O)C23CC4CC(CC(C4)C2)C3)c2ccccc21. The van der Waals surface area contributed by atoms with Crippen LogP contribution in [0, 0.1) is 23.2 Å². The van der Waals surface area contributed by atoms with Crippen LogP contribution < -0.4 is 9.80 Å². The Hall–Kier alpha value is -1.55. The van der Waals surface area contributed by atoms with Crippen LogP contribution in [0.2, 0.25) is 0 Å². The Balaban J connectivity index is 1.42. The summed E-state index contributed by atoms with van der Waals surface area (Å²) in [6, 6.07) is 8.56. The molecule has 0 atom stereocenters. The molecule has 0 unspecified atom stereocenters. The topological polar surface area (TPSA) is 26.8 Å². The normalized spacial score (nSPS) is 34.3. The van der Waals surface area contributed by atoms with Crippen molar-refractivity contribution in [1.82, 2.24) is 4.90 Å². The van der Waals surface area contributed by atoms with Crippen LogP contribution in [0.15, 0.2) is 24.3 Å². The van der Waals surface area contributed by atoms with Gasteiger partial charge < -0.3 is 14.7 Å². The van der Waals surface area contributed by atoms with Crippen molar-refractivity contribution in [3.05, 3.63) is 24.3 Å². The summed E-state index contributed by atoms with van der Waals surface area (Å²) < 4.78 is 0. The molecule has 27 heavy (non-hydrogen) atoms. The fourth-order valence-corrected chi connectivity index (χ4v) is 6.84. The van der Waals surface area contributed by atoms with Crippen LogP contribution in [0.4, 0.5) is 11.4 Å². The highest BCUT2D eigenvalue weighted by molar-refractivity contribution is 6.01. The van der Waals surface area contributed by atoms with Crippen LogP contribution in [0.1, 0.15) is 38.5 Å². The van der Waals surface area contributed by atoms with Gasteiger partial charge in [0.05, 0.1) is 16.8 Å². The third kappa shape index (κ3) is 2.97. The number of hydrogen-bond donors (Lipinski definition) is 0. The Bertz CT molecular complexity index is 693. The molecule has 1 amide bonds. The van der Waals surface area contributed by atoms with E-state index in [1.165, 1.54) is 24.9 Å². The summed E-state index contributed by atoms with van der Waals surface area (Å²) in [4.78, 5) is 20.7. The van der Waals surface area contributed by atoms with Gasteiger partial charge in [0.2, 0.25) is 5.91 Å². The maximum absolute atomic E-state index is 13.9. The summed E-state index contributed by atoms with van der Waals surface area (Å²) in [5, 5.41) is 0. The molecular formula is C23H33N3O. The van der Waals surface area contributed by atoms with Crippen LogP contribution in [-0.2, 0) is 4.79 Å². The van der Waals surface area contributed by atoms with E-state index in [1.54, 1.807) is 0 Å². The number of hydrogen-bond acceptors (Lipinski definition) is 3. The molecule has 0 radical (unpaired) electrons. The lowest BCUT2D eigenvalue weighted by Crippen LogP contribution is -2.57. The van der Waals surface area contributed by atoms with Crippen LogP contribution in [-0.4, -0.2) is 51.1 Å². The van der Waals surface area contributed by atoms with Gasteiger partial charge in [-0.05, 0) is 82.5 Å². The zero-order chi connectivity index (χ0) is 18.6. The lowest BCUT2D eigenvalue weighted by Gasteiger charge is -2.57. The molecule has 6 rings (SSSR count). The summed E-state index contributed by atoms with van der Waals surface area (Å²) in [5.74, 6) is 2.90. The van der Waals surface area contributed by atoms with E-state index in [-0.39, 0.29) is 5.41 Å². The Labute approximate surface area is 163 Å². The van der Waals surface area contributed by atoms with Crippen LogP contribution in [0.5, 0.6) is 0 Å². The van der Waals surface area contributed by atoms with Crippen LogP contribution >= 0.6 is 0 Å². The first kappa shape index (κ1) is 17.5. The van der Waals surface area contributed by atoms with Gasteiger partial charge in [0.1, 0.15) is 0 Å². The van der Waals surface area contributed by atoms with Crippen molar-refractivity contribution in [3.8, 4) is 0 Å². The lowest BCUT2D eigenvalue weighted by molar-refractivity contribution is -0.143. The van der Waals surface area contributed by atoms with Gasteiger partial charge in [0.15, 0.2) is 0 Å². The molecule has 0 spiro atoms. The average molecular weight is 368 g/mol. The molecule has 4 fully saturated rings. The number of anilines is 2. The molecule has 1 aromatic rings. The van der Waals surface area contributed by atoms with E-state index in [0.29, 0.717) is 5.91 Å². The van der Waals surface area contributed by atoms with E-state index in [4.69, 9.17) is 0 Å². The Morgan fingerprint density at radius 2 is 1.59 bits per heavy atom. The van der Waals surface area contributed by atoms with Gasteiger partial charge in [-0.1, -0.05) is 12.1 Å². The van der Waals surface area contributed by atoms with E-state index in [2.05, 4.69) is 53.1 Å². The van der Waals surface area contributed by atoms with E-state index < -0.39 is 0 Å². The van der Waals surface area contributed by atoms with E-state index in [9.17, 15) is 4.79 Å². The third-order valence-electron chi connectivity index (χ3n) is 7.66. The number of amides is 1. The Morgan fingerprint density at radius 3 is 2.19 bits per heavy atom. The largest absolute Gasteiger partial charge is 0.367 e. The molecule has 0 N–H and O–H groups in total. The Kier molecular flexibility index (Phi) is 4.23. The van der Waals surface area contributed by atoms with Crippen molar-refractivity contribution in [3.63, 3.8) is 0 Å². The summed E-state index contributed by atoms with van der Waals surface area (Å²) >= 11 is 0. The number of fused-ring (bicyclic) bond motifs is 1. The van der Waals surface area contributed by atoms with Crippen molar-refractivity contribution in [1.29, 1.82) is 0 Å². The molecular weight excluding hydrogens is 334 g/mol. The van der Waals surface area contributed by atoms with Gasteiger partial charge in [0.25, 0.3) is 0 Å². The van der Waals surface area contributed by atoms with E-state index in [1.807, 2.05) is 0 Å². The van der Waals surface area contributed by atoms with Crippen molar-refractivity contribution < 1.29 is 4.79 Å². The summed E-state index contributed by atoms with van der Waals surface area (Å²) in [7, 11) is 4.25. The molecule has 0 aromatic heterocycles. The molecule has 4 nitrogen and oxygen atoms in total. The van der Waals surface area contributed by atoms with Crippen molar-refractivity contribution in [2.45, 2.75) is 38.5 Å². The van der Waals surface area contributed by atoms with Gasteiger partial charge >= 0.3 is 0 Å². The quantitative estimate of drug-likeness (QED) is 0.813. The molecule has 0 saturated heterocycles. The standard InChI is InChI=1S/C23H33N3O/c1-24(2)7-8-25-9-10-26(21-6-4-3-5-20(21)25)22(27)23-14-17-11-18(15-23)13-19(12-17)16-23/h3-6,17-19H,7-16H2,1-2H3. The zero-order valence-corrected chi connectivity index (χ0v) is 16.9. The first-order chi connectivity index (χ1) is 13.0. The average Bonchev–Trinajstić information content (AvgIpc) is 2.64. The van der Waals surface area contributed by atoms with Gasteiger partial charge in [0, 0.05) is 26.2 Å². The monoisotopic (exact) mass is 367 g/mol. The van der Waals surface area contributed by atoms with Crippen molar-refractivity contribution in [2.24, 2.45) is 23.2 Å². The zero-order valence-electron chi connectivity index (χ0n) is 16.9. The highest BCUT2D eigenvalue weighted by Gasteiger charge is 2.56. The maximum Gasteiger partial charge on any atom is 0.233 e. The predicted octanol–water partition coefficient (Wildman–Crippen LogP) is 3.62. The number of para-hydroxylation sites is 2. The fraction of sp³-hybridized carbons (Fsp3) is 0.696. The molecule has 4 heteroatoms. The van der Waals surface area contributed by atoms with E-state index in [0.717, 1.165) is 68.9 Å². The van der Waals surface area contributed by atoms with Crippen LogP contribution in [0.3, 0.4) is 0 Å². The minimum Gasteiger partial charge on any atom is -0.367 e. The lowest BCUT2D eigenvalue weighted by atomic mass is 9.49. The fourth-order valence-electron chi connectivity index (χ4n) is 6.84. The highest BCUT2D eigenvalue weighted by Crippen LogP contribution is 2.61. The molecule has 4 saturated carbocycles. The molecule has 1 aliphatic heterocycles. The third-order valence-corrected chi connectivity index (χ3v) is 7.66. The smallest absolute Gasteiger partial charge is 0.233 e. The second-order valence-electron chi connectivity index (χ2n) is 9.93. The maximum atomic E-state index is 13.9. The predicted molar refractivity (Wildman–Crippen MR) is 110 cm³/mol. The summed E-state index contributed by atoms with van der Waals surface area (Å²) in [6.45, 7) is 3.84. The molecule has 4 bridgehead atoms. The van der Waals surface area contributed by atoms with Crippen molar-refractivity contribution in [2.75, 3.05) is 50.1 Å². The number of carbonyl (C=O) groups is 1. The van der Waals surface area contributed by atoms with E-state index >= 15 is 0 Å². The van der Waals surface area contributed by atoms with Crippen molar-refractivity contribution >= 4 is 17.3 Å². The first-order valence-corrected chi connectivity index (χ1v) is 10.8. The first-order valence-electron chi connectivity index (χ1n) is 10.8. The number of nitrogens with zero attached hydrogens (tertiary/aromatic N) is 3. The van der Waals surface area contributed by atoms with Gasteiger partial charge in [-0.15, -0.1) is 0 Å². The number of carbonyl (C=O) groups excluding carboxylic acids is 1. The highest BCUT2D eigenvalue weighted by atomic mass is 16.2. The van der Waals surface area contributed by atoms with Gasteiger partial charge in [-0.3, -0.25) is 4.79 Å². The molecule has 5 aliphatic rings. The number of rotatable bonds is 4. The van der Waals surface area contributed by atoms with Gasteiger partial charge in [-0.25, -0.2) is 0 Å².